The van der Waals surface area contributed by atoms with Crippen LogP contribution in [0.4, 0.5) is 4.79 Å². The third kappa shape index (κ3) is 6.02. The lowest BCUT2D eigenvalue weighted by Crippen LogP contribution is -2.33. The molecule has 8 nitrogen and oxygen atoms in total. The molecule has 0 spiro atoms. The fourth-order valence-corrected chi connectivity index (χ4v) is 2.40. The standard InChI is InChI=1S/C19H25N3O5/c1-19(2,3)27-18(25)20-10-5-11-22-16(17(23)24)12-15(21-22)13-6-8-14(26-4)9-7-13/h6-9,12H,5,10-11H2,1-4H3,(H,20,25)(H,23,24). The van der Waals surface area contributed by atoms with E-state index in [0.29, 0.717) is 31.0 Å². The first-order valence-corrected chi connectivity index (χ1v) is 8.62. The minimum Gasteiger partial charge on any atom is -0.497 e. The minimum atomic E-state index is -1.05. The van der Waals surface area contributed by atoms with E-state index in [1.54, 1.807) is 40.0 Å². The molecule has 1 heterocycles. The molecule has 0 saturated carbocycles. The molecule has 2 N–H and O–H groups in total. The van der Waals surface area contributed by atoms with Crippen LogP contribution in [0.1, 0.15) is 37.7 Å². The summed E-state index contributed by atoms with van der Waals surface area (Å²) in [5.74, 6) is -0.341. The predicted octanol–water partition coefficient (Wildman–Crippen LogP) is 3.17. The van der Waals surface area contributed by atoms with Crippen LogP contribution in [0, 0.1) is 0 Å². The predicted molar refractivity (Wildman–Crippen MR) is 100 cm³/mol. The Labute approximate surface area is 158 Å². The monoisotopic (exact) mass is 375 g/mol. The number of carboxylic acid groups (broad SMARTS) is 1. The van der Waals surface area contributed by atoms with Crippen LogP contribution in [0.5, 0.6) is 5.75 Å². The summed E-state index contributed by atoms with van der Waals surface area (Å²) in [5, 5.41) is 16.4. The van der Waals surface area contributed by atoms with Gasteiger partial charge in [0.1, 0.15) is 17.0 Å². The number of methoxy groups -OCH3 is 1. The topological polar surface area (TPSA) is 103 Å². The van der Waals surface area contributed by atoms with E-state index in [1.165, 1.54) is 10.7 Å². The number of hydrogen-bond acceptors (Lipinski definition) is 5. The highest BCUT2D eigenvalue weighted by Crippen LogP contribution is 2.22. The van der Waals surface area contributed by atoms with Crippen molar-refractivity contribution in [3.8, 4) is 17.0 Å². The highest BCUT2D eigenvalue weighted by molar-refractivity contribution is 5.87. The summed E-state index contributed by atoms with van der Waals surface area (Å²) in [6.07, 6.45) is 0.0174. The molecule has 0 fully saturated rings. The van der Waals surface area contributed by atoms with Gasteiger partial charge in [0.15, 0.2) is 0 Å². The summed E-state index contributed by atoms with van der Waals surface area (Å²) < 4.78 is 11.7. The summed E-state index contributed by atoms with van der Waals surface area (Å²) >= 11 is 0. The zero-order chi connectivity index (χ0) is 20.0. The summed E-state index contributed by atoms with van der Waals surface area (Å²) in [5.41, 5.74) is 0.896. The third-order valence-corrected chi connectivity index (χ3v) is 3.60. The van der Waals surface area contributed by atoms with Crippen LogP contribution in [-0.4, -0.2) is 46.2 Å². The third-order valence-electron chi connectivity index (χ3n) is 3.60. The van der Waals surface area contributed by atoms with E-state index < -0.39 is 17.7 Å². The van der Waals surface area contributed by atoms with Gasteiger partial charge in [-0.2, -0.15) is 5.10 Å². The second-order valence-corrected chi connectivity index (χ2v) is 6.95. The van der Waals surface area contributed by atoms with Crippen molar-refractivity contribution in [3.05, 3.63) is 36.0 Å². The summed E-state index contributed by atoms with van der Waals surface area (Å²) in [4.78, 5) is 23.1. The van der Waals surface area contributed by atoms with Gasteiger partial charge in [-0.05, 0) is 57.5 Å². The van der Waals surface area contributed by atoms with E-state index >= 15 is 0 Å². The number of nitrogens with zero attached hydrogens (tertiary/aromatic N) is 2. The van der Waals surface area contributed by atoms with Gasteiger partial charge in [-0.25, -0.2) is 9.59 Å². The summed E-state index contributed by atoms with van der Waals surface area (Å²) in [6, 6.07) is 8.76. The van der Waals surface area contributed by atoms with E-state index in [1.807, 2.05) is 12.1 Å². The normalized spacial score (nSPS) is 11.1. The maximum Gasteiger partial charge on any atom is 0.407 e. The quantitative estimate of drug-likeness (QED) is 0.721. The van der Waals surface area contributed by atoms with Crippen LogP contribution in [0.3, 0.4) is 0 Å². The van der Waals surface area contributed by atoms with Crippen LogP contribution in [0.25, 0.3) is 11.3 Å². The Hall–Kier alpha value is -3.03. The van der Waals surface area contributed by atoms with Gasteiger partial charge in [-0.1, -0.05) is 0 Å². The Morgan fingerprint density at radius 2 is 1.89 bits per heavy atom. The molecular weight excluding hydrogens is 350 g/mol. The lowest BCUT2D eigenvalue weighted by molar-refractivity contribution is 0.0525. The number of alkyl carbamates (subject to hydrolysis) is 1. The smallest absolute Gasteiger partial charge is 0.407 e. The maximum atomic E-state index is 11.6. The number of benzene rings is 1. The highest BCUT2D eigenvalue weighted by atomic mass is 16.6. The molecule has 1 aromatic heterocycles. The number of ether oxygens (including phenoxy) is 2. The van der Waals surface area contributed by atoms with Crippen molar-refractivity contribution < 1.29 is 24.2 Å². The number of aryl methyl sites for hydroxylation is 1. The number of aromatic carboxylic acids is 1. The fourth-order valence-electron chi connectivity index (χ4n) is 2.40. The number of carboxylic acids is 1. The summed E-state index contributed by atoms with van der Waals surface area (Å²) in [7, 11) is 1.58. The van der Waals surface area contributed by atoms with Gasteiger partial charge in [0.05, 0.1) is 12.8 Å². The van der Waals surface area contributed by atoms with Gasteiger partial charge in [-0.3, -0.25) is 4.68 Å². The van der Waals surface area contributed by atoms with E-state index in [9.17, 15) is 14.7 Å². The van der Waals surface area contributed by atoms with Gasteiger partial charge in [-0.15, -0.1) is 0 Å². The molecule has 8 heteroatoms. The van der Waals surface area contributed by atoms with Crippen LogP contribution < -0.4 is 10.1 Å². The Morgan fingerprint density at radius 3 is 2.44 bits per heavy atom. The Balaban J connectivity index is 2.00. The number of nitrogens with one attached hydrogen (secondary N) is 1. The Morgan fingerprint density at radius 1 is 1.22 bits per heavy atom. The molecule has 0 atom stereocenters. The Kier molecular flexibility index (Phi) is 6.44. The molecule has 2 rings (SSSR count). The van der Waals surface area contributed by atoms with E-state index in [-0.39, 0.29) is 5.69 Å². The van der Waals surface area contributed by atoms with Gasteiger partial charge in [0.25, 0.3) is 0 Å². The van der Waals surface area contributed by atoms with Gasteiger partial charge in [0, 0.05) is 18.7 Å². The zero-order valence-corrected chi connectivity index (χ0v) is 16.0. The van der Waals surface area contributed by atoms with Crippen molar-refractivity contribution in [1.29, 1.82) is 0 Å². The minimum absolute atomic E-state index is 0.0955. The van der Waals surface area contributed by atoms with Gasteiger partial charge in [0.2, 0.25) is 0 Å². The highest BCUT2D eigenvalue weighted by Gasteiger charge is 2.17. The van der Waals surface area contributed by atoms with Gasteiger partial charge < -0.3 is 19.9 Å². The van der Waals surface area contributed by atoms with Crippen molar-refractivity contribution in [1.82, 2.24) is 15.1 Å². The molecule has 0 radical (unpaired) electrons. The molecule has 0 bridgehead atoms. The first kappa shape index (κ1) is 20.3. The van der Waals surface area contributed by atoms with Crippen molar-refractivity contribution >= 4 is 12.1 Å². The molecular formula is C19H25N3O5. The number of amides is 1. The molecule has 0 unspecified atom stereocenters. The molecule has 2 aromatic rings. The van der Waals surface area contributed by atoms with Crippen molar-refractivity contribution in [2.75, 3.05) is 13.7 Å². The fraction of sp³-hybridized carbons (Fsp3) is 0.421. The van der Waals surface area contributed by atoms with E-state index in [4.69, 9.17) is 9.47 Å². The van der Waals surface area contributed by atoms with Crippen LogP contribution in [0.2, 0.25) is 0 Å². The second kappa shape index (κ2) is 8.57. The molecule has 1 aromatic carbocycles. The van der Waals surface area contributed by atoms with Gasteiger partial charge >= 0.3 is 12.1 Å². The summed E-state index contributed by atoms with van der Waals surface area (Å²) in [6.45, 7) is 6.07. The van der Waals surface area contributed by atoms with Crippen LogP contribution in [-0.2, 0) is 11.3 Å². The first-order valence-electron chi connectivity index (χ1n) is 8.62. The average molecular weight is 375 g/mol. The van der Waals surface area contributed by atoms with Crippen LogP contribution in [0.15, 0.2) is 30.3 Å². The first-order chi connectivity index (χ1) is 12.7. The number of aromatic nitrogens is 2. The molecule has 0 aliphatic heterocycles. The lowest BCUT2D eigenvalue weighted by Gasteiger charge is -2.19. The average Bonchev–Trinajstić information content (AvgIpc) is 3.02. The number of carbonyl (C=O) groups is 2. The molecule has 146 valence electrons. The van der Waals surface area contributed by atoms with E-state index in [2.05, 4.69) is 10.4 Å². The lowest BCUT2D eigenvalue weighted by atomic mass is 10.1. The molecule has 0 aliphatic rings. The number of carbonyl (C=O) groups excluding carboxylic acids is 1. The second-order valence-electron chi connectivity index (χ2n) is 6.95. The van der Waals surface area contributed by atoms with Crippen molar-refractivity contribution in [2.45, 2.75) is 39.3 Å². The molecule has 0 aliphatic carbocycles. The Bertz CT molecular complexity index is 791. The van der Waals surface area contributed by atoms with Crippen molar-refractivity contribution in [2.24, 2.45) is 0 Å². The number of hydrogen-bond donors (Lipinski definition) is 2. The maximum absolute atomic E-state index is 11.6. The number of rotatable bonds is 7. The van der Waals surface area contributed by atoms with Crippen LogP contribution >= 0.6 is 0 Å². The molecule has 27 heavy (non-hydrogen) atoms. The largest absolute Gasteiger partial charge is 0.497 e. The zero-order valence-electron chi connectivity index (χ0n) is 16.0. The van der Waals surface area contributed by atoms with Crippen molar-refractivity contribution in [3.63, 3.8) is 0 Å². The molecule has 1 amide bonds. The molecule has 0 saturated heterocycles. The SMILES string of the molecule is COc1ccc(-c2cc(C(=O)O)n(CCCNC(=O)OC(C)(C)C)n2)cc1. The van der Waals surface area contributed by atoms with E-state index in [0.717, 1.165) is 5.56 Å².